The fourth-order valence-electron chi connectivity index (χ4n) is 4.30. The number of pyridine rings is 1. The van der Waals surface area contributed by atoms with Crippen molar-refractivity contribution in [3.8, 4) is 0 Å². The quantitative estimate of drug-likeness (QED) is 0.692. The molecule has 9 nitrogen and oxygen atoms in total. The summed E-state index contributed by atoms with van der Waals surface area (Å²) < 4.78 is 8.51. The third-order valence-electron chi connectivity index (χ3n) is 6.03. The fourth-order valence-corrected chi connectivity index (χ4v) is 4.30. The van der Waals surface area contributed by atoms with E-state index in [2.05, 4.69) is 37.1 Å². The summed E-state index contributed by atoms with van der Waals surface area (Å²) in [5.41, 5.74) is 1.18. The van der Waals surface area contributed by atoms with Gasteiger partial charge >= 0.3 is 0 Å². The number of carbonyl (C=O) groups excluding carboxylic acids is 1. The van der Waals surface area contributed by atoms with Crippen LogP contribution in [0.5, 0.6) is 0 Å². The van der Waals surface area contributed by atoms with Crippen LogP contribution in [0.25, 0.3) is 0 Å². The average Bonchev–Trinajstić information content (AvgIpc) is 3.30. The van der Waals surface area contributed by atoms with Gasteiger partial charge in [0.05, 0.1) is 18.4 Å². The monoisotopic (exact) mass is 419 g/mol. The molecule has 1 fully saturated rings. The van der Waals surface area contributed by atoms with Gasteiger partial charge in [0.15, 0.2) is 6.10 Å². The summed E-state index contributed by atoms with van der Waals surface area (Å²) in [6.45, 7) is 3.99. The highest BCUT2D eigenvalue weighted by Gasteiger charge is 2.47. The van der Waals surface area contributed by atoms with E-state index in [1.807, 2.05) is 29.2 Å². The van der Waals surface area contributed by atoms with Crippen molar-refractivity contribution in [1.29, 1.82) is 0 Å². The number of rotatable bonds is 4. The van der Waals surface area contributed by atoms with Crippen molar-refractivity contribution < 1.29 is 9.53 Å². The molecular weight excluding hydrogens is 394 g/mol. The Morgan fingerprint density at radius 2 is 2.00 bits per heavy atom. The van der Waals surface area contributed by atoms with Crippen LogP contribution >= 0.6 is 0 Å². The summed E-state index contributed by atoms with van der Waals surface area (Å²) in [7, 11) is 0. The predicted molar refractivity (Wildman–Crippen MR) is 115 cm³/mol. The lowest BCUT2D eigenvalue weighted by atomic mass is 9.88. The molecule has 1 amide bonds. The van der Waals surface area contributed by atoms with Gasteiger partial charge in [0.25, 0.3) is 5.91 Å². The molecule has 9 heteroatoms. The van der Waals surface area contributed by atoms with Crippen LogP contribution in [0.2, 0.25) is 0 Å². The third kappa shape index (κ3) is 3.76. The van der Waals surface area contributed by atoms with Crippen molar-refractivity contribution in [3.63, 3.8) is 0 Å². The zero-order chi connectivity index (χ0) is 21.3. The van der Waals surface area contributed by atoms with Gasteiger partial charge in [0.1, 0.15) is 11.4 Å². The highest BCUT2D eigenvalue weighted by molar-refractivity contribution is 5.94. The van der Waals surface area contributed by atoms with Gasteiger partial charge < -0.3 is 19.5 Å². The number of aromatic nitrogens is 5. The zero-order valence-corrected chi connectivity index (χ0v) is 17.4. The van der Waals surface area contributed by atoms with Gasteiger partial charge in [0, 0.05) is 56.9 Å². The van der Waals surface area contributed by atoms with E-state index in [0.717, 1.165) is 36.8 Å². The maximum absolute atomic E-state index is 12.9. The Bertz CT molecular complexity index is 1040. The Morgan fingerprint density at radius 3 is 2.71 bits per heavy atom. The number of fused-ring (bicyclic) bond motifs is 2. The van der Waals surface area contributed by atoms with Crippen LogP contribution in [0.15, 0.2) is 49.3 Å². The summed E-state index contributed by atoms with van der Waals surface area (Å²) in [5, 5.41) is 2.91. The minimum Gasteiger partial charge on any atom is -0.352 e. The standard InChI is InChI=1S/C22H25N7O2/c1-2-16-12-25-21(26-13-16)28-9-5-22(6-10-28)20-24-8-11-29(20)15-18(31-22)19(30)27-17-4-3-7-23-14-17/h3-4,7-8,11-14,18H,2,5-6,9-10,15H2,1H3,(H,27,30). The largest absolute Gasteiger partial charge is 0.352 e. The van der Waals surface area contributed by atoms with Crippen molar-refractivity contribution in [2.45, 2.75) is 44.4 Å². The van der Waals surface area contributed by atoms with Gasteiger partial charge in [-0.2, -0.15) is 0 Å². The lowest BCUT2D eigenvalue weighted by Crippen LogP contribution is -2.53. The number of hydrogen-bond acceptors (Lipinski definition) is 7. The molecule has 3 aromatic heterocycles. The van der Waals surface area contributed by atoms with Crippen LogP contribution in [-0.4, -0.2) is 49.6 Å². The summed E-state index contributed by atoms with van der Waals surface area (Å²) in [6, 6.07) is 3.60. The minimum atomic E-state index is -0.603. The first-order valence-electron chi connectivity index (χ1n) is 10.6. The van der Waals surface area contributed by atoms with Crippen LogP contribution in [0.1, 0.15) is 31.2 Å². The van der Waals surface area contributed by atoms with E-state index < -0.39 is 11.7 Å². The number of carbonyl (C=O) groups is 1. The molecule has 31 heavy (non-hydrogen) atoms. The number of hydrogen-bond donors (Lipinski definition) is 1. The maximum Gasteiger partial charge on any atom is 0.255 e. The summed E-state index contributed by atoms with van der Waals surface area (Å²) in [4.78, 5) is 32.8. The topological polar surface area (TPSA) is 98.1 Å². The van der Waals surface area contributed by atoms with Gasteiger partial charge in [-0.05, 0) is 24.1 Å². The molecule has 2 aliphatic heterocycles. The lowest BCUT2D eigenvalue weighted by molar-refractivity contribution is -0.162. The molecule has 2 aliphatic rings. The van der Waals surface area contributed by atoms with Gasteiger partial charge in [-0.15, -0.1) is 0 Å². The number of imidazole rings is 1. The van der Waals surface area contributed by atoms with Gasteiger partial charge in [-0.1, -0.05) is 6.92 Å². The number of aryl methyl sites for hydroxylation is 1. The van der Waals surface area contributed by atoms with Crippen molar-refractivity contribution in [1.82, 2.24) is 24.5 Å². The summed E-state index contributed by atoms with van der Waals surface area (Å²) in [6.07, 6.45) is 12.5. The normalized spacial score (nSPS) is 19.8. The summed E-state index contributed by atoms with van der Waals surface area (Å²) >= 11 is 0. The minimum absolute atomic E-state index is 0.173. The first-order chi connectivity index (χ1) is 15.2. The highest BCUT2D eigenvalue weighted by Crippen LogP contribution is 2.40. The number of piperidine rings is 1. The summed E-state index contributed by atoms with van der Waals surface area (Å²) in [5.74, 6) is 1.45. The molecule has 0 aliphatic carbocycles. The molecule has 1 saturated heterocycles. The average molecular weight is 419 g/mol. The van der Waals surface area contributed by atoms with Crippen LogP contribution in [-0.2, 0) is 28.1 Å². The van der Waals surface area contributed by atoms with E-state index in [0.29, 0.717) is 25.1 Å². The Hall–Kier alpha value is -3.33. The Balaban J connectivity index is 1.33. The molecule has 0 radical (unpaired) electrons. The van der Waals surface area contributed by atoms with E-state index in [1.165, 1.54) is 0 Å². The van der Waals surface area contributed by atoms with Crippen LogP contribution in [0.3, 0.4) is 0 Å². The van der Waals surface area contributed by atoms with Crippen LogP contribution in [0.4, 0.5) is 11.6 Å². The molecule has 160 valence electrons. The number of anilines is 2. The number of nitrogens with zero attached hydrogens (tertiary/aromatic N) is 6. The second-order valence-electron chi connectivity index (χ2n) is 7.97. The van der Waals surface area contributed by atoms with Crippen molar-refractivity contribution in [2.24, 2.45) is 0 Å². The number of ether oxygens (including phenoxy) is 1. The zero-order valence-electron chi connectivity index (χ0n) is 17.4. The lowest BCUT2D eigenvalue weighted by Gasteiger charge is -2.45. The molecule has 1 spiro atoms. The molecule has 5 rings (SSSR count). The molecule has 3 aromatic rings. The molecule has 0 aromatic carbocycles. The Kier molecular flexibility index (Phi) is 5.11. The van der Waals surface area contributed by atoms with E-state index >= 15 is 0 Å². The van der Waals surface area contributed by atoms with Gasteiger partial charge in [-0.3, -0.25) is 9.78 Å². The van der Waals surface area contributed by atoms with Crippen LogP contribution < -0.4 is 10.2 Å². The SMILES string of the molecule is CCc1cnc(N2CCC3(CC2)OC(C(=O)Nc2cccnc2)Cn2ccnc23)nc1. The van der Waals surface area contributed by atoms with E-state index in [9.17, 15) is 4.79 Å². The molecule has 0 bridgehead atoms. The molecule has 1 unspecified atom stereocenters. The Labute approximate surface area is 180 Å². The highest BCUT2D eigenvalue weighted by atomic mass is 16.5. The Morgan fingerprint density at radius 1 is 1.19 bits per heavy atom. The fraction of sp³-hybridized carbons (Fsp3) is 0.409. The smallest absolute Gasteiger partial charge is 0.255 e. The van der Waals surface area contributed by atoms with Crippen molar-refractivity contribution in [2.75, 3.05) is 23.3 Å². The molecule has 1 atom stereocenters. The first-order valence-corrected chi connectivity index (χ1v) is 10.6. The molecular formula is C22H25N7O2. The first kappa shape index (κ1) is 19.6. The molecule has 0 saturated carbocycles. The molecule has 1 N–H and O–H groups in total. The molecule has 5 heterocycles. The second-order valence-corrected chi connectivity index (χ2v) is 7.97. The second kappa shape index (κ2) is 8.07. The maximum atomic E-state index is 12.9. The van der Waals surface area contributed by atoms with E-state index in [-0.39, 0.29) is 5.91 Å². The third-order valence-corrected chi connectivity index (χ3v) is 6.03. The predicted octanol–water partition coefficient (Wildman–Crippen LogP) is 2.16. The van der Waals surface area contributed by atoms with E-state index in [4.69, 9.17) is 4.74 Å². The van der Waals surface area contributed by atoms with Crippen molar-refractivity contribution >= 4 is 17.5 Å². The number of nitrogens with one attached hydrogen (secondary N) is 1. The number of amides is 1. The van der Waals surface area contributed by atoms with Crippen molar-refractivity contribution in [3.05, 3.63) is 60.7 Å². The van der Waals surface area contributed by atoms with Gasteiger partial charge in [-0.25, -0.2) is 15.0 Å². The van der Waals surface area contributed by atoms with Gasteiger partial charge in [0.2, 0.25) is 5.95 Å². The van der Waals surface area contributed by atoms with E-state index in [1.54, 1.807) is 24.7 Å². The van der Waals surface area contributed by atoms with Crippen LogP contribution in [0, 0.1) is 0 Å².